The highest BCUT2D eigenvalue weighted by molar-refractivity contribution is 6.02. The number of para-hydroxylation sites is 2. The average molecular weight is 492 g/mol. The summed E-state index contributed by atoms with van der Waals surface area (Å²) in [5.41, 5.74) is -1.28. The lowest BCUT2D eigenvalue weighted by Gasteiger charge is -2.17. The highest BCUT2D eigenvalue weighted by Gasteiger charge is 2.24. The van der Waals surface area contributed by atoms with E-state index in [9.17, 15) is 23.6 Å². The zero-order valence-electron chi connectivity index (χ0n) is 19.6. The van der Waals surface area contributed by atoms with Gasteiger partial charge in [0.2, 0.25) is 5.91 Å². The van der Waals surface area contributed by atoms with E-state index in [4.69, 9.17) is 9.47 Å². The number of hydrogen-bond acceptors (Lipinski definition) is 7. The zero-order valence-corrected chi connectivity index (χ0v) is 19.6. The van der Waals surface area contributed by atoms with Gasteiger partial charge in [0.05, 0.1) is 30.9 Å². The number of esters is 1. The summed E-state index contributed by atoms with van der Waals surface area (Å²) in [6.07, 6.45) is 0. The number of anilines is 1. The van der Waals surface area contributed by atoms with Crippen LogP contribution in [0.5, 0.6) is 5.75 Å². The molecule has 1 amide bonds. The largest absolute Gasteiger partial charge is 0.495 e. The molecule has 11 heteroatoms. The summed E-state index contributed by atoms with van der Waals surface area (Å²) in [5.74, 6) is -1.86. The molecule has 2 aromatic carbocycles. The summed E-state index contributed by atoms with van der Waals surface area (Å²) in [5, 5.41) is 2.24. The molecule has 0 saturated heterocycles. The van der Waals surface area contributed by atoms with Gasteiger partial charge in [0.15, 0.2) is 5.65 Å². The van der Waals surface area contributed by atoms with Crippen LogP contribution in [0, 0.1) is 12.7 Å². The molecule has 10 nitrogen and oxygen atoms in total. The number of aryl methyl sites for hydroxylation is 1. The molecule has 2 heterocycles. The van der Waals surface area contributed by atoms with E-state index in [1.54, 1.807) is 31.2 Å². The molecule has 4 aromatic rings. The molecular formula is C25H21FN4O6. The van der Waals surface area contributed by atoms with Crippen LogP contribution in [0.2, 0.25) is 0 Å². The van der Waals surface area contributed by atoms with E-state index in [2.05, 4.69) is 10.3 Å². The molecule has 0 aliphatic rings. The molecular weight excluding hydrogens is 471 g/mol. The molecule has 184 valence electrons. The average Bonchev–Trinajstić information content (AvgIpc) is 2.85. The minimum Gasteiger partial charge on any atom is -0.495 e. The molecule has 0 bridgehead atoms. The molecule has 0 spiro atoms. The second kappa shape index (κ2) is 9.82. The van der Waals surface area contributed by atoms with Crippen LogP contribution in [0.4, 0.5) is 10.1 Å². The van der Waals surface area contributed by atoms with Gasteiger partial charge < -0.3 is 14.8 Å². The van der Waals surface area contributed by atoms with Crippen molar-refractivity contribution in [2.24, 2.45) is 0 Å². The molecule has 36 heavy (non-hydrogen) atoms. The number of carbonyl (C=O) groups excluding carboxylic acids is 2. The van der Waals surface area contributed by atoms with Gasteiger partial charge >= 0.3 is 11.7 Å². The van der Waals surface area contributed by atoms with E-state index in [1.165, 1.54) is 31.4 Å². The van der Waals surface area contributed by atoms with Crippen molar-refractivity contribution < 1.29 is 23.5 Å². The van der Waals surface area contributed by atoms with Gasteiger partial charge in [-0.25, -0.2) is 28.1 Å². The minimum atomic E-state index is -0.913. The molecule has 4 rings (SSSR count). The van der Waals surface area contributed by atoms with Crippen molar-refractivity contribution in [3.63, 3.8) is 0 Å². The maximum absolute atomic E-state index is 13.7. The number of pyridine rings is 1. The molecule has 0 aliphatic heterocycles. The van der Waals surface area contributed by atoms with E-state index < -0.39 is 35.5 Å². The smallest absolute Gasteiger partial charge is 0.338 e. The van der Waals surface area contributed by atoms with Crippen LogP contribution >= 0.6 is 0 Å². The molecule has 0 radical (unpaired) electrons. The molecule has 0 atom stereocenters. The first-order chi connectivity index (χ1) is 17.2. The number of rotatable bonds is 6. The quantitative estimate of drug-likeness (QED) is 0.410. The van der Waals surface area contributed by atoms with Gasteiger partial charge in [-0.05, 0) is 43.3 Å². The number of benzene rings is 2. The predicted octanol–water partition coefficient (Wildman–Crippen LogP) is 2.43. The van der Waals surface area contributed by atoms with Crippen LogP contribution in [0.25, 0.3) is 16.7 Å². The van der Waals surface area contributed by atoms with E-state index in [-0.39, 0.29) is 28.0 Å². The van der Waals surface area contributed by atoms with Crippen LogP contribution < -0.4 is 21.3 Å². The Hall–Kier alpha value is -4.80. The summed E-state index contributed by atoms with van der Waals surface area (Å²) >= 11 is 0. The molecule has 0 saturated carbocycles. The Labute approximate surface area is 203 Å². The summed E-state index contributed by atoms with van der Waals surface area (Å²) in [6.45, 7) is 0.884. The lowest BCUT2D eigenvalue weighted by atomic mass is 10.1. The van der Waals surface area contributed by atoms with Crippen LogP contribution in [0.3, 0.4) is 0 Å². The van der Waals surface area contributed by atoms with Crippen LogP contribution in [0.1, 0.15) is 16.1 Å². The number of halogens is 1. The third kappa shape index (κ3) is 4.45. The third-order valence-electron chi connectivity index (χ3n) is 5.36. The fourth-order valence-corrected chi connectivity index (χ4v) is 3.81. The fraction of sp³-hybridized carbons (Fsp3) is 0.160. The van der Waals surface area contributed by atoms with E-state index in [1.807, 2.05) is 0 Å². The number of amides is 1. The topological polar surface area (TPSA) is 122 Å². The second-order valence-corrected chi connectivity index (χ2v) is 7.74. The van der Waals surface area contributed by atoms with Gasteiger partial charge in [-0.1, -0.05) is 18.2 Å². The van der Waals surface area contributed by atoms with Crippen molar-refractivity contribution in [3.05, 3.63) is 92.5 Å². The number of nitrogens with zero attached hydrogens (tertiary/aromatic N) is 3. The van der Waals surface area contributed by atoms with Crippen LogP contribution in [0.15, 0.2) is 64.2 Å². The number of methoxy groups -OCH3 is 2. The van der Waals surface area contributed by atoms with Gasteiger partial charge in [0.1, 0.15) is 18.1 Å². The molecule has 0 aliphatic carbocycles. The summed E-state index contributed by atoms with van der Waals surface area (Å²) in [6, 6.07) is 13.0. The highest BCUT2D eigenvalue weighted by Crippen LogP contribution is 2.24. The Morgan fingerprint density at radius 2 is 1.81 bits per heavy atom. The van der Waals surface area contributed by atoms with Gasteiger partial charge in [-0.3, -0.25) is 9.59 Å². The zero-order chi connectivity index (χ0) is 26.0. The van der Waals surface area contributed by atoms with Gasteiger partial charge in [0.25, 0.3) is 5.56 Å². The standard InChI is InChI=1S/C25H21FN4O6/c1-14-11-17(24(33)36-3)21-22(27-14)30(18-9-4-5-10-19(18)35-2)25(34)29(23(21)32)13-20(31)28-16-8-6-7-15(26)12-16/h4-12H,13H2,1-3H3,(H,28,31). The normalized spacial score (nSPS) is 10.8. The number of ether oxygens (including phenoxy) is 2. The summed E-state index contributed by atoms with van der Waals surface area (Å²) in [7, 11) is 2.57. The van der Waals surface area contributed by atoms with Crippen molar-refractivity contribution >= 4 is 28.6 Å². The molecule has 1 N–H and O–H groups in total. The Kier molecular flexibility index (Phi) is 6.64. The SMILES string of the molecule is COC(=O)c1cc(C)nc2c1c(=O)n(CC(=O)Nc1cccc(F)c1)c(=O)n2-c1ccccc1OC. The molecule has 2 aromatic heterocycles. The van der Waals surface area contributed by atoms with Gasteiger partial charge in [-0.2, -0.15) is 0 Å². The molecule has 0 unspecified atom stereocenters. The fourth-order valence-electron chi connectivity index (χ4n) is 3.81. The number of hydrogen-bond donors (Lipinski definition) is 1. The number of carbonyl (C=O) groups is 2. The van der Waals surface area contributed by atoms with Crippen LogP contribution in [-0.4, -0.2) is 40.2 Å². The second-order valence-electron chi connectivity index (χ2n) is 7.74. The first kappa shape index (κ1) is 24.3. The highest BCUT2D eigenvalue weighted by atomic mass is 19.1. The number of nitrogens with one attached hydrogen (secondary N) is 1. The number of fused-ring (bicyclic) bond motifs is 1. The van der Waals surface area contributed by atoms with Gasteiger partial charge in [-0.15, -0.1) is 0 Å². The maximum Gasteiger partial charge on any atom is 0.338 e. The van der Waals surface area contributed by atoms with Crippen molar-refractivity contribution in [2.75, 3.05) is 19.5 Å². The summed E-state index contributed by atoms with van der Waals surface area (Å²) in [4.78, 5) is 56.9. The maximum atomic E-state index is 13.7. The van der Waals surface area contributed by atoms with Crippen LogP contribution in [-0.2, 0) is 16.1 Å². The van der Waals surface area contributed by atoms with Crippen molar-refractivity contribution in [3.8, 4) is 11.4 Å². The number of aromatic nitrogens is 3. The lowest BCUT2D eigenvalue weighted by Crippen LogP contribution is -2.43. The summed E-state index contributed by atoms with van der Waals surface area (Å²) < 4.78 is 25.5. The van der Waals surface area contributed by atoms with Crippen molar-refractivity contribution in [1.82, 2.24) is 14.1 Å². The Morgan fingerprint density at radius 3 is 2.50 bits per heavy atom. The van der Waals surface area contributed by atoms with E-state index in [0.29, 0.717) is 16.0 Å². The Bertz CT molecular complexity index is 1630. The first-order valence-electron chi connectivity index (χ1n) is 10.7. The monoisotopic (exact) mass is 492 g/mol. The van der Waals surface area contributed by atoms with Crippen molar-refractivity contribution in [2.45, 2.75) is 13.5 Å². The van der Waals surface area contributed by atoms with Crippen molar-refractivity contribution in [1.29, 1.82) is 0 Å². The first-order valence-corrected chi connectivity index (χ1v) is 10.7. The van der Waals surface area contributed by atoms with E-state index in [0.717, 1.165) is 17.7 Å². The molecule has 0 fully saturated rings. The Morgan fingerprint density at radius 1 is 1.06 bits per heavy atom. The third-order valence-corrected chi connectivity index (χ3v) is 5.36. The van der Waals surface area contributed by atoms with Gasteiger partial charge in [0, 0.05) is 11.4 Å². The minimum absolute atomic E-state index is 0.100. The Balaban J connectivity index is 2.00. The lowest BCUT2D eigenvalue weighted by molar-refractivity contribution is -0.116. The predicted molar refractivity (Wildman–Crippen MR) is 129 cm³/mol. The van der Waals surface area contributed by atoms with E-state index >= 15 is 0 Å².